The first-order valence-electron chi connectivity index (χ1n) is 4.40. The van der Waals surface area contributed by atoms with Gasteiger partial charge >= 0.3 is 0 Å². The average molecular weight is 167 g/mol. The first kappa shape index (κ1) is 9.29. The molecule has 0 aromatic heterocycles. The minimum absolute atomic E-state index is 0.360. The molecule has 4 nitrogen and oxygen atoms in total. The summed E-state index contributed by atoms with van der Waals surface area (Å²) in [5.41, 5.74) is -0.360. The first-order valence-corrected chi connectivity index (χ1v) is 4.40. The monoisotopic (exact) mass is 167 g/mol. The summed E-state index contributed by atoms with van der Waals surface area (Å²) in [4.78, 5) is 0. The molecule has 0 unspecified atom stereocenters. The summed E-state index contributed by atoms with van der Waals surface area (Å²) in [7, 11) is 0. The van der Waals surface area contributed by atoms with Crippen molar-refractivity contribution < 1.29 is 0 Å². The Balaban J connectivity index is 2.14. The van der Waals surface area contributed by atoms with Gasteiger partial charge in [-0.05, 0) is 30.2 Å². The van der Waals surface area contributed by atoms with Crippen LogP contribution in [0.1, 0.15) is 39.0 Å². The molecule has 1 aliphatic heterocycles. The van der Waals surface area contributed by atoms with Gasteiger partial charge in [0, 0.05) is 0 Å². The summed E-state index contributed by atoms with van der Waals surface area (Å²) in [5, 5.41) is 14.9. The smallest absolute Gasteiger partial charge is 0.135 e. The highest BCUT2D eigenvalue weighted by molar-refractivity contribution is 4.78. The van der Waals surface area contributed by atoms with Crippen LogP contribution in [0.5, 0.6) is 0 Å². The summed E-state index contributed by atoms with van der Waals surface area (Å²) in [5.74, 6) is 0. The van der Waals surface area contributed by atoms with E-state index >= 15 is 0 Å². The molecule has 1 rings (SSSR count). The maximum absolute atomic E-state index is 3.94. The van der Waals surface area contributed by atoms with Gasteiger partial charge in [0.15, 0.2) is 5.66 Å². The van der Waals surface area contributed by atoms with Crippen molar-refractivity contribution in [2.45, 2.75) is 44.7 Å². The molecule has 0 aliphatic carbocycles. The van der Waals surface area contributed by atoms with Crippen LogP contribution >= 0.6 is 0 Å². The molecule has 0 atom stereocenters. The topological polar surface area (TPSA) is 49.4 Å². The summed E-state index contributed by atoms with van der Waals surface area (Å²) in [6.07, 6.45) is 5.47. The normalized spacial score (nSPS) is 18.8. The van der Waals surface area contributed by atoms with Crippen molar-refractivity contribution in [2.75, 3.05) is 0 Å². The fourth-order valence-electron chi connectivity index (χ4n) is 1.17. The fourth-order valence-corrected chi connectivity index (χ4v) is 1.17. The zero-order valence-electron chi connectivity index (χ0n) is 7.53. The van der Waals surface area contributed by atoms with Crippen molar-refractivity contribution in [3.05, 3.63) is 6.92 Å². The molecular formula is C8H15N4. The Bertz CT molecular complexity index is 173. The van der Waals surface area contributed by atoms with Crippen LogP contribution in [0.2, 0.25) is 0 Å². The summed E-state index contributed by atoms with van der Waals surface area (Å²) in [6.45, 7) is 5.74. The van der Waals surface area contributed by atoms with Crippen molar-refractivity contribution in [1.29, 1.82) is 0 Å². The average Bonchev–Trinajstić information content (AvgIpc) is 2.47. The Kier molecular flexibility index (Phi) is 3.31. The Hall–Kier alpha value is -0.800. The van der Waals surface area contributed by atoms with E-state index in [0.717, 1.165) is 19.3 Å². The van der Waals surface area contributed by atoms with Gasteiger partial charge in [-0.2, -0.15) is 0 Å². The van der Waals surface area contributed by atoms with Crippen LogP contribution in [0.15, 0.2) is 20.7 Å². The van der Waals surface area contributed by atoms with Crippen LogP contribution in [0, 0.1) is 6.92 Å². The lowest BCUT2D eigenvalue weighted by molar-refractivity contribution is 0.424. The minimum atomic E-state index is -0.360. The standard InChI is InChI=1S/C8H15N4/c1-3-4-5-6-7-8(2)9-11-12-10-8/h1,3-7H2,2H3. The molecule has 67 valence electrons. The van der Waals surface area contributed by atoms with E-state index in [1.54, 1.807) is 0 Å². The zero-order chi connectivity index (χ0) is 8.86. The summed E-state index contributed by atoms with van der Waals surface area (Å²) >= 11 is 0. The van der Waals surface area contributed by atoms with Gasteiger partial charge < -0.3 is 0 Å². The van der Waals surface area contributed by atoms with E-state index < -0.39 is 0 Å². The largest absolute Gasteiger partial charge is 0.192 e. The second-order valence-corrected chi connectivity index (χ2v) is 3.26. The van der Waals surface area contributed by atoms with E-state index in [1.165, 1.54) is 12.8 Å². The van der Waals surface area contributed by atoms with Gasteiger partial charge in [-0.25, -0.2) is 0 Å². The van der Waals surface area contributed by atoms with Gasteiger partial charge in [0.05, 0.1) is 0 Å². The molecule has 0 bridgehead atoms. The molecule has 0 N–H and O–H groups in total. The molecule has 0 aromatic rings. The highest BCUT2D eigenvalue weighted by Gasteiger charge is 2.25. The van der Waals surface area contributed by atoms with Crippen molar-refractivity contribution in [1.82, 2.24) is 0 Å². The Morgan fingerprint density at radius 2 is 1.75 bits per heavy atom. The molecule has 1 radical (unpaired) electrons. The molecular weight excluding hydrogens is 152 g/mol. The van der Waals surface area contributed by atoms with Crippen molar-refractivity contribution in [3.63, 3.8) is 0 Å². The predicted molar refractivity (Wildman–Crippen MR) is 46.6 cm³/mol. The lowest BCUT2D eigenvalue weighted by Crippen LogP contribution is -2.14. The predicted octanol–water partition coefficient (Wildman–Crippen LogP) is 3.32. The van der Waals surface area contributed by atoms with Gasteiger partial charge in [0.2, 0.25) is 0 Å². The van der Waals surface area contributed by atoms with E-state index in [0.29, 0.717) is 0 Å². The third-order valence-corrected chi connectivity index (χ3v) is 1.96. The second-order valence-electron chi connectivity index (χ2n) is 3.26. The van der Waals surface area contributed by atoms with Crippen molar-refractivity contribution in [2.24, 2.45) is 20.7 Å². The highest BCUT2D eigenvalue weighted by atomic mass is 15.6. The fraction of sp³-hybridized carbons (Fsp3) is 0.875. The van der Waals surface area contributed by atoms with Crippen LogP contribution in [-0.4, -0.2) is 5.66 Å². The second kappa shape index (κ2) is 4.28. The van der Waals surface area contributed by atoms with E-state index in [-0.39, 0.29) is 5.66 Å². The van der Waals surface area contributed by atoms with Crippen molar-refractivity contribution in [3.8, 4) is 0 Å². The molecule has 1 heterocycles. The maximum Gasteiger partial charge on any atom is 0.192 e. The van der Waals surface area contributed by atoms with Crippen LogP contribution < -0.4 is 0 Å². The Morgan fingerprint density at radius 3 is 2.33 bits per heavy atom. The van der Waals surface area contributed by atoms with Gasteiger partial charge in [-0.3, -0.25) is 0 Å². The lowest BCUT2D eigenvalue weighted by Gasteiger charge is -2.12. The molecule has 1 aliphatic rings. The first-order chi connectivity index (χ1) is 5.77. The molecule has 12 heavy (non-hydrogen) atoms. The molecule has 0 saturated carbocycles. The van der Waals surface area contributed by atoms with Crippen LogP contribution in [0.4, 0.5) is 0 Å². The summed E-state index contributed by atoms with van der Waals surface area (Å²) < 4.78 is 0. The SMILES string of the molecule is [CH2]CCCCCC1(C)N=NN=N1. The van der Waals surface area contributed by atoms with Crippen LogP contribution in [0.25, 0.3) is 0 Å². The molecule has 0 fully saturated rings. The van der Waals surface area contributed by atoms with Gasteiger partial charge in [0.1, 0.15) is 0 Å². The van der Waals surface area contributed by atoms with Crippen molar-refractivity contribution >= 4 is 0 Å². The number of hydrogen-bond donors (Lipinski definition) is 0. The Morgan fingerprint density at radius 1 is 1.08 bits per heavy atom. The number of rotatable bonds is 5. The molecule has 0 saturated heterocycles. The van der Waals surface area contributed by atoms with E-state index in [2.05, 4.69) is 27.6 Å². The van der Waals surface area contributed by atoms with Gasteiger partial charge in [-0.15, -0.1) is 10.2 Å². The van der Waals surface area contributed by atoms with E-state index in [9.17, 15) is 0 Å². The van der Waals surface area contributed by atoms with Crippen LogP contribution in [-0.2, 0) is 0 Å². The van der Waals surface area contributed by atoms with Gasteiger partial charge in [0.25, 0.3) is 0 Å². The quantitative estimate of drug-likeness (QED) is 0.564. The molecule has 4 heteroatoms. The number of nitrogens with zero attached hydrogens (tertiary/aromatic N) is 4. The zero-order valence-corrected chi connectivity index (χ0v) is 7.53. The van der Waals surface area contributed by atoms with Crippen LogP contribution in [0.3, 0.4) is 0 Å². The molecule has 0 spiro atoms. The van der Waals surface area contributed by atoms with E-state index in [4.69, 9.17) is 0 Å². The Labute approximate surface area is 73.2 Å². The number of unbranched alkanes of at least 4 members (excludes halogenated alkanes) is 3. The summed E-state index contributed by atoms with van der Waals surface area (Å²) in [6, 6.07) is 0. The van der Waals surface area contributed by atoms with E-state index in [1.807, 2.05) is 6.92 Å². The third-order valence-electron chi connectivity index (χ3n) is 1.96. The molecule has 0 aromatic carbocycles. The maximum atomic E-state index is 3.94. The third kappa shape index (κ3) is 2.68. The molecule has 0 amide bonds. The minimum Gasteiger partial charge on any atom is -0.135 e. The lowest BCUT2D eigenvalue weighted by atomic mass is 10.0. The van der Waals surface area contributed by atoms with Gasteiger partial charge in [-0.1, -0.05) is 26.2 Å². The number of hydrogen-bond acceptors (Lipinski definition) is 4. The highest BCUT2D eigenvalue weighted by Crippen LogP contribution is 2.25.